The molecular formula is C8H8N6. The molecule has 6 heteroatoms. The van der Waals surface area contributed by atoms with Crippen LogP contribution in [0.3, 0.4) is 0 Å². The molecule has 0 aliphatic heterocycles. The summed E-state index contributed by atoms with van der Waals surface area (Å²) in [6.07, 6.45) is 8.67. The van der Waals surface area contributed by atoms with Crippen LogP contribution in [0, 0.1) is 0 Å². The van der Waals surface area contributed by atoms with E-state index in [1.807, 2.05) is 0 Å². The van der Waals surface area contributed by atoms with Crippen molar-refractivity contribution in [1.82, 2.24) is 30.4 Å². The SMILES string of the molecule is c1cncnncccncnnc1. The number of rotatable bonds is 0. The largest absolute Gasteiger partial charge is 0.243 e. The van der Waals surface area contributed by atoms with Crippen LogP contribution in [0.5, 0.6) is 0 Å². The van der Waals surface area contributed by atoms with Gasteiger partial charge in [-0.1, -0.05) is 0 Å². The summed E-state index contributed by atoms with van der Waals surface area (Å²) in [7, 11) is 0. The third-order valence-corrected chi connectivity index (χ3v) is 1.02. The van der Waals surface area contributed by atoms with E-state index in [2.05, 4.69) is 30.4 Å². The number of aromatic nitrogens is 6. The molecule has 0 spiro atoms. The minimum atomic E-state index is 1.32. The van der Waals surface area contributed by atoms with Crippen molar-refractivity contribution >= 4 is 0 Å². The molecule has 70 valence electrons. The topological polar surface area (TPSA) is 77.3 Å². The van der Waals surface area contributed by atoms with E-state index in [9.17, 15) is 0 Å². The van der Waals surface area contributed by atoms with Gasteiger partial charge in [0.2, 0.25) is 0 Å². The molecule has 1 aromatic rings. The Morgan fingerprint density at radius 2 is 1.00 bits per heavy atom. The zero-order valence-electron chi connectivity index (χ0n) is 7.30. The van der Waals surface area contributed by atoms with Crippen LogP contribution in [-0.4, -0.2) is 30.4 Å². The number of hydrogen-bond acceptors (Lipinski definition) is 6. The van der Waals surface area contributed by atoms with Gasteiger partial charge >= 0.3 is 0 Å². The van der Waals surface area contributed by atoms with E-state index < -0.39 is 0 Å². The molecule has 14 heavy (non-hydrogen) atoms. The minimum absolute atomic E-state index is 1.32. The van der Waals surface area contributed by atoms with E-state index in [1.54, 1.807) is 12.1 Å². The second kappa shape index (κ2) is 7.41. The van der Waals surface area contributed by atoms with Gasteiger partial charge in [-0.25, -0.2) is 9.97 Å². The second-order valence-corrected chi connectivity index (χ2v) is 1.97. The van der Waals surface area contributed by atoms with E-state index in [0.717, 1.165) is 0 Å². The van der Waals surface area contributed by atoms with Crippen molar-refractivity contribution < 1.29 is 0 Å². The van der Waals surface area contributed by atoms with E-state index >= 15 is 0 Å². The standard InChI is InChI=1S/C8H8N6/c1-3-9-7-14-12-6-2-4-10-8-13-11-5-1/h1-8H. The fourth-order valence-electron chi connectivity index (χ4n) is 0.527. The van der Waals surface area contributed by atoms with Gasteiger partial charge in [0.25, 0.3) is 0 Å². The fraction of sp³-hybridized carbons (Fsp3) is 0. The smallest absolute Gasteiger partial charge is 0.137 e. The molecule has 0 saturated carbocycles. The van der Waals surface area contributed by atoms with Gasteiger partial charge < -0.3 is 0 Å². The summed E-state index contributed by atoms with van der Waals surface area (Å²) in [5.74, 6) is 0. The average molecular weight is 188 g/mol. The first-order valence-electron chi connectivity index (χ1n) is 3.80. The molecule has 0 fully saturated rings. The van der Waals surface area contributed by atoms with Gasteiger partial charge in [-0.3, -0.25) is 0 Å². The van der Waals surface area contributed by atoms with Crippen molar-refractivity contribution in [3.05, 3.63) is 49.6 Å². The van der Waals surface area contributed by atoms with Gasteiger partial charge in [0, 0.05) is 12.4 Å². The van der Waals surface area contributed by atoms with Crippen molar-refractivity contribution in [2.24, 2.45) is 0 Å². The van der Waals surface area contributed by atoms with Gasteiger partial charge in [-0.05, 0) is 12.1 Å². The van der Waals surface area contributed by atoms with Crippen LogP contribution < -0.4 is 0 Å². The van der Waals surface area contributed by atoms with Crippen LogP contribution in [0.1, 0.15) is 0 Å². The fourth-order valence-corrected chi connectivity index (χ4v) is 0.527. The molecule has 0 atom stereocenters. The maximum Gasteiger partial charge on any atom is 0.137 e. The molecule has 0 aliphatic rings. The van der Waals surface area contributed by atoms with Crippen LogP contribution in [0.15, 0.2) is 49.6 Å². The zero-order valence-corrected chi connectivity index (χ0v) is 7.30. The molecule has 0 saturated heterocycles. The highest BCUT2D eigenvalue weighted by Crippen LogP contribution is 1.64. The highest BCUT2D eigenvalue weighted by Gasteiger charge is 1.60. The van der Waals surface area contributed by atoms with Crippen LogP contribution in [0.2, 0.25) is 0 Å². The molecule has 1 heterocycles. The summed E-state index contributed by atoms with van der Waals surface area (Å²) in [4.78, 5) is 7.56. The molecule has 1 aromatic heterocycles. The minimum Gasteiger partial charge on any atom is -0.243 e. The maximum atomic E-state index is 3.78. The molecular weight excluding hydrogens is 180 g/mol. The molecule has 0 amide bonds. The van der Waals surface area contributed by atoms with E-state index in [-0.39, 0.29) is 0 Å². The normalized spacial score (nSPS) is 8.00. The first-order valence-corrected chi connectivity index (χ1v) is 3.80. The molecule has 0 bridgehead atoms. The maximum absolute atomic E-state index is 3.78. The quantitative estimate of drug-likeness (QED) is 0.583. The molecule has 0 radical (unpaired) electrons. The summed E-state index contributed by atoms with van der Waals surface area (Å²) < 4.78 is 0. The van der Waals surface area contributed by atoms with Gasteiger partial charge in [0.1, 0.15) is 12.7 Å². The summed E-state index contributed by atoms with van der Waals surface area (Å²) in [6, 6.07) is 3.24. The Morgan fingerprint density at radius 3 is 1.50 bits per heavy atom. The van der Waals surface area contributed by atoms with Crippen molar-refractivity contribution in [3.63, 3.8) is 0 Å². The van der Waals surface area contributed by atoms with E-state index in [0.29, 0.717) is 0 Å². The molecule has 6 nitrogen and oxygen atoms in total. The Balaban J connectivity index is 3.00. The van der Waals surface area contributed by atoms with Gasteiger partial charge in [-0.2, -0.15) is 10.2 Å². The van der Waals surface area contributed by atoms with Crippen molar-refractivity contribution in [3.8, 4) is 0 Å². The third-order valence-electron chi connectivity index (χ3n) is 1.02. The highest BCUT2D eigenvalue weighted by molar-refractivity contribution is 4.71. The Kier molecular flexibility index (Phi) is 5.21. The third kappa shape index (κ3) is 5.42. The summed E-state index contributed by atoms with van der Waals surface area (Å²) in [5, 5.41) is 14.5. The summed E-state index contributed by atoms with van der Waals surface area (Å²) in [5.41, 5.74) is 0. The van der Waals surface area contributed by atoms with E-state index in [4.69, 9.17) is 0 Å². The molecule has 0 aliphatic carbocycles. The molecule has 1 rings (SSSR count). The summed E-state index contributed by atoms with van der Waals surface area (Å²) in [6.45, 7) is 0. The van der Waals surface area contributed by atoms with Crippen LogP contribution >= 0.6 is 0 Å². The van der Waals surface area contributed by atoms with Crippen molar-refractivity contribution in [2.45, 2.75) is 0 Å². The molecule has 0 N–H and O–H groups in total. The summed E-state index contributed by atoms with van der Waals surface area (Å²) >= 11 is 0. The predicted octanol–water partition coefficient (Wildman–Crippen LogP) is 0.305. The molecule has 0 unspecified atom stereocenters. The van der Waals surface area contributed by atoms with Crippen LogP contribution in [0.4, 0.5) is 0 Å². The lowest BCUT2D eigenvalue weighted by atomic mass is 10.7. The van der Waals surface area contributed by atoms with Gasteiger partial charge in [0.05, 0.1) is 12.4 Å². The van der Waals surface area contributed by atoms with Crippen LogP contribution in [-0.2, 0) is 0 Å². The molecule has 0 aromatic carbocycles. The lowest BCUT2D eigenvalue weighted by Crippen LogP contribution is -1.73. The first-order chi connectivity index (χ1) is 7.00. The Hall–Kier alpha value is -2.24. The predicted molar refractivity (Wildman–Crippen MR) is 48.5 cm³/mol. The average Bonchev–Trinajstić information content (AvgIpc) is 2.22. The Morgan fingerprint density at radius 1 is 0.500 bits per heavy atom. The monoisotopic (exact) mass is 188 g/mol. The first kappa shape index (κ1) is 9.85. The van der Waals surface area contributed by atoms with Crippen molar-refractivity contribution in [2.75, 3.05) is 0 Å². The van der Waals surface area contributed by atoms with Crippen LogP contribution in [0.25, 0.3) is 0 Å². The van der Waals surface area contributed by atoms with E-state index in [1.165, 1.54) is 37.4 Å². The van der Waals surface area contributed by atoms with Gasteiger partial charge in [0.15, 0.2) is 0 Å². The lowest BCUT2D eigenvalue weighted by Gasteiger charge is -1.69. The van der Waals surface area contributed by atoms with Crippen molar-refractivity contribution in [1.29, 1.82) is 0 Å². The second-order valence-electron chi connectivity index (χ2n) is 1.97. The zero-order chi connectivity index (χ0) is 9.90. The number of nitrogens with zero attached hydrogens (tertiary/aromatic N) is 6. The Bertz CT molecular complexity index is 227. The lowest BCUT2D eigenvalue weighted by molar-refractivity contribution is 0.991. The number of hydrogen-bond donors (Lipinski definition) is 0. The van der Waals surface area contributed by atoms with Gasteiger partial charge in [-0.15, -0.1) is 10.2 Å². The Labute approximate surface area is 80.8 Å². The highest BCUT2D eigenvalue weighted by atomic mass is 15.1.